The molecule has 0 aromatic heterocycles. The van der Waals surface area contributed by atoms with E-state index in [0.29, 0.717) is 26.2 Å². The van der Waals surface area contributed by atoms with E-state index in [4.69, 9.17) is 34.6 Å². The Labute approximate surface area is 156 Å². The Morgan fingerprint density at radius 1 is 0.769 bits per heavy atom. The van der Waals surface area contributed by atoms with Crippen LogP contribution >= 0.6 is 0 Å². The Morgan fingerprint density at radius 3 is 1.38 bits per heavy atom. The van der Waals surface area contributed by atoms with Crippen molar-refractivity contribution in [1.29, 1.82) is 0 Å². The van der Waals surface area contributed by atoms with Gasteiger partial charge in [-0.25, -0.2) is 4.79 Å². The molecule has 0 aromatic rings. The Hall–Kier alpha value is -1.51. The molecule has 0 bridgehead atoms. The largest absolute Gasteiger partial charge is 0.482 e. The summed E-state index contributed by atoms with van der Waals surface area (Å²) < 4.78 is 15.7. The average molecular weight is 380 g/mol. The van der Waals surface area contributed by atoms with Crippen molar-refractivity contribution in [2.24, 2.45) is 5.41 Å². The van der Waals surface area contributed by atoms with E-state index in [0.717, 1.165) is 19.3 Å². The SMILES string of the molecule is CCC(CO)(CO)CO.CCCOC(OCCC)=C(OCCC)C(=O)O. The van der Waals surface area contributed by atoms with Crippen molar-refractivity contribution in [2.45, 2.75) is 53.4 Å². The number of carbonyl (C=O) groups is 1. The van der Waals surface area contributed by atoms with Gasteiger partial charge >= 0.3 is 11.9 Å². The lowest BCUT2D eigenvalue weighted by atomic mass is 9.88. The van der Waals surface area contributed by atoms with Crippen LogP contribution in [0.1, 0.15) is 53.4 Å². The van der Waals surface area contributed by atoms with Crippen molar-refractivity contribution in [3.8, 4) is 0 Å². The summed E-state index contributed by atoms with van der Waals surface area (Å²) in [5, 5.41) is 35.0. The third-order valence-corrected chi connectivity index (χ3v) is 3.46. The zero-order valence-corrected chi connectivity index (χ0v) is 16.5. The van der Waals surface area contributed by atoms with E-state index in [1.165, 1.54) is 0 Å². The summed E-state index contributed by atoms with van der Waals surface area (Å²) in [5.41, 5.74) is -0.667. The van der Waals surface area contributed by atoms with Crippen LogP contribution in [0.4, 0.5) is 0 Å². The van der Waals surface area contributed by atoms with Crippen LogP contribution in [0.15, 0.2) is 11.7 Å². The summed E-state index contributed by atoms with van der Waals surface area (Å²) in [4.78, 5) is 11.0. The molecule has 0 unspecified atom stereocenters. The zero-order chi connectivity index (χ0) is 20.4. The Kier molecular flexibility index (Phi) is 17.4. The lowest BCUT2D eigenvalue weighted by Gasteiger charge is -2.24. The molecule has 0 atom stereocenters. The van der Waals surface area contributed by atoms with E-state index in [2.05, 4.69) is 0 Å². The van der Waals surface area contributed by atoms with Gasteiger partial charge in [-0.15, -0.1) is 0 Å². The molecular formula is C18H36O8. The molecular weight excluding hydrogens is 344 g/mol. The first-order chi connectivity index (χ1) is 12.4. The number of aliphatic hydroxyl groups is 3. The molecule has 26 heavy (non-hydrogen) atoms. The highest BCUT2D eigenvalue weighted by Crippen LogP contribution is 2.18. The second-order valence-electron chi connectivity index (χ2n) is 5.80. The molecule has 0 aliphatic heterocycles. The standard InChI is InChI=1S/C12H22O5.C6H14O3/c1-4-7-15-10(11(13)14)12(16-8-5-2)17-9-6-3;1-2-6(3-7,4-8)5-9/h4-9H2,1-3H3,(H,13,14);7-9H,2-5H2,1H3. The minimum atomic E-state index is -1.17. The molecule has 0 spiro atoms. The van der Waals surface area contributed by atoms with E-state index >= 15 is 0 Å². The van der Waals surface area contributed by atoms with Crippen LogP contribution < -0.4 is 0 Å². The highest BCUT2D eigenvalue weighted by atomic mass is 16.7. The normalized spacial score (nSPS) is 10.4. The van der Waals surface area contributed by atoms with E-state index in [1.807, 2.05) is 27.7 Å². The first kappa shape index (κ1) is 26.7. The van der Waals surface area contributed by atoms with Gasteiger partial charge < -0.3 is 34.6 Å². The molecule has 0 aliphatic carbocycles. The van der Waals surface area contributed by atoms with Gasteiger partial charge in [-0.3, -0.25) is 0 Å². The minimum Gasteiger partial charge on any atom is -0.482 e. The quantitative estimate of drug-likeness (QED) is 0.266. The van der Waals surface area contributed by atoms with Gasteiger partial charge in [-0.2, -0.15) is 0 Å². The second kappa shape index (κ2) is 16.9. The van der Waals surface area contributed by atoms with Gasteiger partial charge in [-0.1, -0.05) is 27.7 Å². The van der Waals surface area contributed by atoms with Crippen molar-refractivity contribution in [3.05, 3.63) is 11.7 Å². The number of rotatable bonds is 14. The van der Waals surface area contributed by atoms with Gasteiger partial charge in [0.2, 0.25) is 0 Å². The summed E-state index contributed by atoms with van der Waals surface area (Å²) in [6, 6.07) is 0. The molecule has 8 nitrogen and oxygen atoms in total. The maximum atomic E-state index is 11.0. The fourth-order valence-corrected chi connectivity index (χ4v) is 1.46. The lowest BCUT2D eigenvalue weighted by Crippen LogP contribution is -2.32. The van der Waals surface area contributed by atoms with Crippen LogP contribution in [0.3, 0.4) is 0 Å². The third-order valence-electron chi connectivity index (χ3n) is 3.46. The topological polar surface area (TPSA) is 126 Å². The van der Waals surface area contributed by atoms with Crippen LogP contribution in [-0.4, -0.2) is 66.0 Å². The Balaban J connectivity index is 0. The van der Waals surface area contributed by atoms with E-state index < -0.39 is 11.4 Å². The summed E-state index contributed by atoms with van der Waals surface area (Å²) in [5.74, 6) is -1.43. The van der Waals surface area contributed by atoms with E-state index in [9.17, 15) is 4.79 Å². The first-order valence-electron chi connectivity index (χ1n) is 9.10. The molecule has 0 aliphatic rings. The predicted octanol–water partition coefficient (Wildman–Crippen LogP) is 1.88. The Bertz CT molecular complexity index is 350. The van der Waals surface area contributed by atoms with Crippen LogP contribution in [0.25, 0.3) is 0 Å². The smallest absolute Gasteiger partial charge is 0.378 e. The second-order valence-corrected chi connectivity index (χ2v) is 5.80. The predicted molar refractivity (Wildman–Crippen MR) is 97.4 cm³/mol. The van der Waals surface area contributed by atoms with Crippen molar-refractivity contribution in [1.82, 2.24) is 0 Å². The first-order valence-corrected chi connectivity index (χ1v) is 9.10. The zero-order valence-electron chi connectivity index (χ0n) is 16.5. The molecule has 0 aromatic carbocycles. The molecule has 0 saturated carbocycles. The van der Waals surface area contributed by atoms with Crippen molar-refractivity contribution < 1.29 is 39.4 Å². The Morgan fingerprint density at radius 2 is 1.15 bits per heavy atom. The van der Waals surface area contributed by atoms with Gasteiger partial charge in [0.15, 0.2) is 0 Å². The summed E-state index contributed by atoms with van der Waals surface area (Å²) >= 11 is 0. The number of hydrogen-bond donors (Lipinski definition) is 4. The lowest BCUT2D eigenvalue weighted by molar-refractivity contribution is -0.138. The maximum Gasteiger partial charge on any atom is 0.378 e. The highest BCUT2D eigenvalue weighted by Gasteiger charge is 2.25. The molecule has 0 rings (SSSR count). The number of carboxylic acid groups (broad SMARTS) is 1. The van der Waals surface area contributed by atoms with E-state index in [1.54, 1.807) is 0 Å². The number of carboxylic acids is 1. The fourth-order valence-electron chi connectivity index (χ4n) is 1.46. The number of hydrogen-bond acceptors (Lipinski definition) is 7. The molecule has 0 radical (unpaired) electrons. The van der Waals surface area contributed by atoms with E-state index in [-0.39, 0.29) is 31.5 Å². The van der Waals surface area contributed by atoms with Gasteiger partial charge in [0.1, 0.15) is 0 Å². The van der Waals surface area contributed by atoms with Crippen molar-refractivity contribution in [2.75, 3.05) is 39.6 Å². The van der Waals surface area contributed by atoms with Gasteiger partial charge in [0.05, 0.1) is 39.6 Å². The molecule has 4 N–H and O–H groups in total. The van der Waals surface area contributed by atoms with Gasteiger partial charge in [0, 0.05) is 5.41 Å². The van der Waals surface area contributed by atoms with Crippen LogP contribution in [0, 0.1) is 5.41 Å². The number of ether oxygens (including phenoxy) is 3. The van der Waals surface area contributed by atoms with Crippen LogP contribution in [0.5, 0.6) is 0 Å². The van der Waals surface area contributed by atoms with Gasteiger partial charge in [0.25, 0.3) is 5.76 Å². The molecule has 8 heteroatoms. The minimum absolute atomic E-state index is 0.0188. The summed E-state index contributed by atoms with van der Waals surface area (Å²) in [6.45, 7) is 8.27. The monoisotopic (exact) mass is 380 g/mol. The fraction of sp³-hybridized carbons (Fsp3) is 0.833. The van der Waals surface area contributed by atoms with Crippen molar-refractivity contribution in [3.63, 3.8) is 0 Å². The summed E-state index contributed by atoms with van der Waals surface area (Å²) in [7, 11) is 0. The average Bonchev–Trinajstić information content (AvgIpc) is 2.66. The molecule has 156 valence electrons. The van der Waals surface area contributed by atoms with Crippen LogP contribution in [-0.2, 0) is 19.0 Å². The van der Waals surface area contributed by atoms with Crippen LogP contribution in [0.2, 0.25) is 0 Å². The summed E-state index contributed by atoms with van der Waals surface area (Å²) in [6.07, 6.45) is 2.88. The molecule has 0 fully saturated rings. The van der Waals surface area contributed by atoms with Gasteiger partial charge in [-0.05, 0) is 25.7 Å². The highest BCUT2D eigenvalue weighted by molar-refractivity contribution is 5.84. The maximum absolute atomic E-state index is 11.0. The third kappa shape index (κ3) is 11.2. The number of aliphatic hydroxyl groups excluding tert-OH is 3. The van der Waals surface area contributed by atoms with Crippen molar-refractivity contribution >= 4 is 5.97 Å². The molecule has 0 heterocycles. The molecule has 0 amide bonds. The number of aliphatic carboxylic acids is 1. The molecule has 0 saturated heterocycles.